The SMILES string of the molecule is CCCN1CCCC(CN)C1c1ccsc1. The summed E-state index contributed by atoms with van der Waals surface area (Å²) >= 11 is 1.80. The van der Waals surface area contributed by atoms with Crippen LogP contribution in [0.1, 0.15) is 37.8 Å². The van der Waals surface area contributed by atoms with Crippen molar-refractivity contribution < 1.29 is 0 Å². The minimum Gasteiger partial charge on any atom is -0.330 e. The van der Waals surface area contributed by atoms with Gasteiger partial charge in [0.1, 0.15) is 0 Å². The molecule has 2 rings (SSSR count). The molecule has 1 aromatic rings. The van der Waals surface area contributed by atoms with Gasteiger partial charge in [0.25, 0.3) is 0 Å². The zero-order chi connectivity index (χ0) is 11.4. The zero-order valence-corrected chi connectivity index (χ0v) is 10.9. The van der Waals surface area contributed by atoms with Crippen LogP contribution in [0.25, 0.3) is 0 Å². The van der Waals surface area contributed by atoms with Crippen molar-refractivity contribution in [1.29, 1.82) is 0 Å². The molecule has 2 nitrogen and oxygen atoms in total. The molecule has 0 radical (unpaired) electrons. The van der Waals surface area contributed by atoms with E-state index in [9.17, 15) is 0 Å². The summed E-state index contributed by atoms with van der Waals surface area (Å²) in [4.78, 5) is 2.63. The summed E-state index contributed by atoms with van der Waals surface area (Å²) in [6.07, 6.45) is 3.83. The number of thiophene rings is 1. The van der Waals surface area contributed by atoms with Crippen LogP contribution in [0.2, 0.25) is 0 Å². The van der Waals surface area contributed by atoms with E-state index in [0.717, 1.165) is 6.54 Å². The number of likely N-dealkylation sites (tertiary alicyclic amines) is 1. The first-order valence-electron chi connectivity index (χ1n) is 6.33. The normalized spacial score (nSPS) is 27.1. The molecular weight excluding hydrogens is 216 g/mol. The lowest BCUT2D eigenvalue weighted by atomic mass is 9.85. The lowest BCUT2D eigenvalue weighted by Crippen LogP contribution is -2.41. The zero-order valence-electron chi connectivity index (χ0n) is 10.1. The Labute approximate surface area is 102 Å². The Morgan fingerprint density at radius 2 is 2.44 bits per heavy atom. The molecule has 3 heteroatoms. The number of rotatable bonds is 4. The van der Waals surface area contributed by atoms with Crippen LogP contribution in [-0.2, 0) is 0 Å². The summed E-state index contributed by atoms with van der Waals surface area (Å²) in [7, 11) is 0. The van der Waals surface area contributed by atoms with Crippen LogP contribution < -0.4 is 5.73 Å². The molecule has 0 spiro atoms. The van der Waals surface area contributed by atoms with Crippen LogP contribution in [0.4, 0.5) is 0 Å². The van der Waals surface area contributed by atoms with Crippen LogP contribution >= 0.6 is 11.3 Å². The smallest absolute Gasteiger partial charge is 0.0396 e. The van der Waals surface area contributed by atoms with Gasteiger partial charge >= 0.3 is 0 Å². The van der Waals surface area contributed by atoms with E-state index in [1.165, 1.54) is 37.9 Å². The number of piperidine rings is 1. The Morgan fingerprint density at radius 3 is 3.06 bits per heavy atom. The van der Waals surface area contributed by atoms with Crippen molar-refractivity contribution in [2.75, 3.05) is 19.6 Å². The fourth-order valence-corrected chi connectivity index (χ4v) is 3.55. The van der Waals surface area contributed by atoms with Crippen molar-refractivity contribution in [1.82, 2.24) is 4.90 Å². The first-order valence-corrected chi connectivity index (χ1v) is 7.27. The Morgan fingerprint density at radius 1 is 1.56 bits per heavy atom. The summed E-state index contributed by atoms with van der Waals surface area (Å²) in [6, 6.07) is 2.84. The van der Waals surface area contributed by atoms with Crippen molar-refractivity contribution in [3.63, 3.8) is 0 Å². The Bertz CT molecular complexity index is 295. The topological polar surface area (TPSA) is 29.3 Å². The monoisotopic (exact) mass is 238 g/mol. The van der Waals surface area contributed by atoms with Crippen LogP contribution in [0, 0.1) is 5.92 Å². The molecule has 1 aliphatic rings. The quantitative estimate of drug-likeness (QED) is 0.874. The maximum atomic E-state index is 5.93. The molecule has 0 aliphatic carbocycles. The molecule has 2 unspecified atom stereocenters. The van der Waals surface area contributed by atoms with E-state index in [1.807, 2.05) is 0 Å². The van der Waals surface area contributed by atoms with Gasteiger partial charge in [-0.05, 0) is 67.2 Å². The van der Waals surface area contributed by atoms with E-state index in [1.54, 1.807) is 11.3 Å². The summed E-state index contributed by atoms with van der Waals surface area (Å²) in [5.41, 5.74) is 7.42. The van der Waals surface area contributed by atoms with E-state index >= 15 is 0 Å². The Balaban J connectivity index is 2.17. The standard InChI is InChI=1S/C13H22N2S/c1-2-6-15-7-3-4-11(9-14)13(15)12-5-8-16-10-12/h5,8,10-11,13H,2-4,6-7,9,14H2,1H3. The van der Waals surface area contributed by atoms with E-state index in [2.05, 4.69) is 28.7 Å². The van der Waals surface area contributed by atoms with Gasteiger partial charge in [-0.15, -0.1) is 0 Å². The Kier molecular flexibility index (Phi) is 4.38. The third kappa shape index (κ3) is 2.47. The van der Waals surface area contributed by atoms with Crippen LogP contribution in [0.15, 0.2) is 16.8 Å². The maximum Gasteiger partial charge on any atom is 0.0396 e. The van der Waals surface area contributed by atoms with Gasteiger partial charge in [-0.1, -0.05) is 6.92 Å². The minimum absolute atomic E-state index is 0.574. The second kappa shape index (κ2) is 5.80. The molecule has 90 valence electrons. The van der Waals surface area contributed by atoms with Crippen LogP contribution in [0.3, 0.4) is 0 Å². The van der Waals surface area contributed by atoms with Crippen molar-refractivity contribution >= 4 is 11.3 Å². The minimum atomic E-state index is 0.574. The molecule has 0 aromatic carbocycles. The van der Waals surface area contributed by atoms with Gasteiger partial charge in [-0.3, -0.25) is 4.90 Å². The van der Waals surface area contributed by atoms with Crippen LogP contribution in [0.5, 0.6) is 0 Å². The summed E-state index contributed by atoms with van der Waals surface area (Å²) < 4.78 is 0. The predicted molar refractivity (Wildman–Crippen MR) is 70.7 cm³/mol. The first-order chi connectivity index (χ1) is 7.86. The number of nitrogens with zero attached hydrogens (tertiary/aromatic N) is 1. The molecule has 16 heavy (non-hydrogen) atoms. The van der Waals surface area contributed by atoms with Gasteiger partial charge in [0, 0.05) is 6.04 Å². The lowest BCUT2D eigenvalue weighted by Gasteiger charge is -2.41. The third-order valence-electron chi connectivity index (χ3n) is 3.56. The summed E-state index contributed by atoms with van der Waals surface area (Å²) in [5, 5.41) is 4.48. The lowest BCUT2D eigenvalue weighted by molar-refractivity contribution is 0.0963. The molecule has 0 amide bonds. The van der Waals surface area contributed by atoms with Crippen molar-refractivity contribution in [3.8, 4) is 0 Å². The second-order valence-corrected chi connectivity index (χ2v) is 5.46. The molecule has 2 atom stereocenters. The maximum absolute atomic E-state index is 5.93. The predicted octanol–water partition coefficient (Wildman–Crippen LogP) is 2.87. The van der Waals surface area contributed by atoms with Gasteiger partial charge in [0.05, 0.1) is 0 Å². The fourth-order valence-electron chi connectivity index (χ4n) is 2.86. The summed E-state index contributed by atoms with van der Waals surface area (Å²) in [6.45, 7) is 5.53. The Hall–Kier alpha value is -0.380. The molecule has 1 aromatic heterocycles. The third-order valence-corrected chi connectivity index (χ3v) is 4.26. The molecule has 2 N–H and O–H groups in total. The summed E-state index contributed by atoms with van der Waals surface area (Å²) in [5.74, 6) is 0.648. The molecule has 0 saturated carbocycles. The van der Waals surface area contributed by atoms with Gasteiger partial charge in [0.15, 0.2) is 0 Å². The van der Waals surface area contributed by atoms with E-state index in [4.69, 9.17) is 5.73 Å². The molecule has 0 bridgehead atoms. The highest BCUT2D eigenvalue weighted by Gasteiger charge is 2.31. The first kappa shape index (κ1) is 12.1. The number of hydrogen-bond acceptors (Lipinski definition) is 3. The molecule has 1 fully saturated rings. The second-order valence-electron chi connectivity index (χ2n) is 4.68. The van der Waals surface area contributed by atoms with Gasteiger partial charge in [-0.25, -0.2) is 0 Å². The van der Waals surface area contributed by atoms with Crippen molar-refractivity contribution in [2.45, 2.75) is 32.2 Å². The van der Waals surface area contributed by atoms with E-state index < -0.39 is 0 Å². The van der Waals surface area contributed by atoms with E-state index in [0.29, 0.717) is 12.0 Å². The average Bonchev–Trinajstić information content (AvgIpc) is 2.82. The molecular formula is C13H22N2S. The van der Waals surface area contributed by atoms with E-state index in [-0.39, 0.29) is 0 Å². The highest BCUT2D eigenvalue weighted by Crippen LogP contribution is 2.36. The van der Waals surface area contributed by atoms with Crippen molar-refractivity contribution in [3.05, 3.63) is 22.4 Å². The van der Waals surface area contributed by atoms with Crippen molar-refractivity contribution in [2.24, 2.45) is 11.7 Å². The van der Waals surface area contributed by atoms with Gasteiger partial charge < -0.3 is 5.73 Å². The van der Waals surface area contributed by atoms with Gasteiger partial charge in [0.2, 0.25) is 0 Å². The fraction of sp³-hybridized carbons (Fsp3) is 0.692. The molecule has 1 saturated heterocycles. The number of hydrogen-bond donors (Lipinski definition) is 1. The van der Waals surface area contributed by atoms with Crippen LogP contribution in [-0.4, -0.2) is 24.5 Å². The number of nitrogens with two attached hydrogens (primary N) is 1. The highest BCUT2D eigenvalue weighted by atomic mass is 32.1. The molecule has 2 heterocycles. The van der Waals surface area contributed by atoms with Gasteiger partial charge in [-0.2, -0.15) is 11.3 Å². The average molecular weight is 238 g/mol. The highest BCUT2D eigenvalue weighted by molar-refractivity contribution is 7.07. The molecule has 1 aliphatic heterocycles. The largest absolute Gasteiger partial charge is 0.330 e.